The van der Waals surface area contributed by atoms with E-state index in [-0.39, 0.29) is 17.4 Å². The fourth-order valence-corrected chi connectivity index (χ4v) is 5.96. The highest BCUT2D eigenvalue weighted by molar-refractivity contribution is 6.31. The molecule has 8 heteroatoms. The molecule has 2 fully saturated rings. The number of carbonyl (C=O) groups excluding carboxylic acids is 1. The number of aromatic nitrogens is 2. The summed E-state index contributed by atoms with van der Waals surface area (Å²) in [5, 5.41) is 1.52. The lowest BCUT2D eigenvalue weighted by Gasteiger charge is -2.40. The van der Waals surface area contributed by atoms with Crippen molar-refractivity contribution in [2.24, 2.45) is 5.92 Å². The van der Waals surface area contributed by atoms with E-state index in [1.165, 1.54) is 0 Å². The lowest BCUT2D eigenvalue weighted by atomic mass is 9.93. The van der Waals surface area contributed by atoms with Gasteiger partial charge in [0.15, 0.2) is 0 Å². The molecule has 4 heterocycles. The van der Waals surface area contributed by atoms with E-state index in [1.807, 2.05) is 65.6 Å². The molecule has 0 bridgehead atoms. The third kappa shape index (κ3) is 4.74. The fourth-order valence-electron chi connectivity index (χ4n) is 5.79. The van der Waals surface area contributed by atoms with Gasteiger partial charge in [-0.15, -0.1) is 0 Å². The van der Waals surface area contributed by atoms with Gasteiger partial charge in [-0.2, -0.15) is 0 Å². The number of nitrogens with one attached hydrogen (secondary N) is 1. The van der Waals surface area contributed by atoms with Crippen LogP contribution in [0.4, 0.5) is 11.5 Å². The molecule has 2 aliphatic rings. The Bertz CT molecular complexity index is 1500. The van der Waals surface area contributed by atoms with Crippen molar-refractivity contribution in [2.75, 3.05) is 49.1 Å². The minimum Gasteiger partial charge on any atom is -0.366 e. The van der Waals surface area contributed by atoms with E-state index in [0.717, 1.165) is 60.3 Å². The van der Waals surface area contributed by atoms with Gasteiger partial charge in [-0.05, 0) is 48.7 Å². The standard InChI is InChI=1S/C30H30ClN5O2/c31-23-11-12-25-24(19-23)27(21-7-2-1-3-8-21)28(29(37)33-25)36-14-6-9-22(20-36)30(38)35-17-15-34(16-18-35)26-10-4-5-13-32-26/h1-5,7-8,10-13,19,22H,6,9,14-18,20H2,(H,33,37)/t22-/m0/s1. The summed E-state index contributed by atoms with van der Waals surface area (Å²) in [5.74, 6) is 0.979. The molecule has 4 aromatic rings. The first-order valence-electron chi connectivity index (χ1n) is 13.2. The Labute approximate surface area is 226 Å². The number of halogens is 1. The zero-order chi connectivity index (χ0) is 26.1. The Balaban J connectivity index is 1.27. The number of carbonyl (C=O) groups is 1. The van der Waals surface area contributed by atoms with E-state index in [0.29, 0.717) is 30.3 Å². The molecule has 2 aromatic heterocycles. The maximum absolute atomic E-state index is 13.6. The van der Waals surface area contributed by atoms with Gasteiger partial charge < -0.3 is 19.7 Å². The monoisotopic (exact) mass is 527 g/mol. The number of fused-ring (bicyclic) bond motifs is 1. The van der Waals surface area contributed by atoms with Crippen LogP contribution in [0.25, 0.3) is 22.0 Å². The van der Waals surface area contributed by atoms with Crippen molar-refractivity contribution < 1.29 is 4.79 Å². The van der Waals surface area contributed by atoms with Crippen LogP contribution < -0.4 is 15.4 Å². The number of nitrogens with zero attached hydrogens (tertiary/aromatic N) is 4. The molecule has 0 unspecified atom stereocenters. The second kappa shape index (κ2) is 10.5. The Morgan fingerprint density at radius 1 is 0.921 bits per heavy atom. The van der Waals surface area contributed by atoms with Crippen LogP contribution in [0.2, 0.25) is 5.02 Å². The number of piperazine rings is 1. The third-order valence-corrected chi connectivity index (χ3v) is 7.90. The van der Waals surface area contributed by atoms with Crippen LogP contribution >= 0.6 is 11.6 Å². The molecular formula is C30H30ClN5O2. The molecule has 194 valence electrons. The summed E-state index contributed by atoms with van der Waals surface area (Å²) in [6, 6.07) is 21.4. The molecular weight excluding hydrogens is 498 g/mol. The van der Waals surface area contributed by atoms with Crippen LogP contribution in [0, 0.1) is 5.92 Å². The number of piperidine rings is 1. The summed E-state index contributed by atoms with van der Waals surface area (Å²) < 4.78 is 0. The van der Waals surface area contributed by atoms with Gasteiger partial charge in [-0.1, -0.05) is 48.0 Å². The number of hydrogen-bond donors (Lipinski definition) is 1. The van der Waals surface area contributed by atoms with Crippen molar-refractivity contribution in [3.8, 4) is 11.1 Å². The zero-order valence-electron chi connectivity index (χ0n) is 21.1. The average molecular weight is 528 g/mol. The van der Waals surface area contributed by atoms with Gasteiger partial charge in [0.1, 0.15) is 11.5 Å². The number of amides is 1. The van der Waals surface area contributed by atoms with E-state index in [4.69, 9.17) is 11.6 Å². The molecule has 7 nitrogen and oxygen atoms in total. The van der Waals surface area contributed by atoms with Crippen molar-refractivity contribution in [3.63, 3.8) is 0 Å². The van der Waals surface area contributed by atoms with Crippen LogP contribution in [0.1, 0.15) is 12.8 Å². The maximum Gasteiger partial charge on any atom is 0.272 e. The Morgan fingerprint density at radius 3 is 2.47 bits per heavy atom. The lowest BCUT2D eigenvalue weighted by molar-refractivity contribution is -0.136. The van der Waals surface area contributed by atoms with Gasteiger partial charge in [-0.3, -0.25) is 9.59 Å². The number of anilines is 2. The van der Waals surface area contributed by atoms with Crippen molar-refractivity contribution in [2.45, 2.75) is 12.8 Å². The first kappa shape index (κ1) is 24.5. The Kier molecular flexibility index (Phi) is 6.77. The minimum atomic E-state index is -0.150. The van der Waals surface area contributed by atoms with E-state index >= 15 is 0 Å². The highest BCUT2D eigenvalue weighted by atomic mass is 35.5. The van der Waals surface area contributed by atoms with E-state index in [9.17, 15) is 9.59 Å². The van der Waals surface area contributed by atoms with Gasteiger partial charge in [0.25, 0.3) is 5.56 Å². The average Bonchev–Trinajstić information content (AvgIpc) is 2.97. The smallest absolute Gasteiger partial charge is 0.272 e. The van der Waals surface area contributed by atoms with Gasteiger partial charge in [-0.25, -0.2) is 4.98 Å². The molecule has 0 aliphatic carbocycles. The van der Waals surface area contributed by atoms with Gasteiger partial charge >= 0.3 is 0 Å². The topological polar surface area (TPSA) is 72.5 Å². The number of aromatic amines is 1. The van der Waals surface area contributed by atoms with E-state index in [1.54, 1.807) is 12.3 Å². The SMILES string of the molecule is O=C([C@H]1CCCN(c2c(-c3ccccc3)c3cc(Cl)ccc3[nH]c2=O)C1)N1CCN(c2ccccn2)CC1. The van der Waals surface area contributed by atoms with Crippen molar-refractivity contribution in [3.05, 3.63) is 88.3 Å². The van der Waals surface area contributed by atoms with Crippen molar-refractivity contribution in [1.82, 2.24) is 14.9 Å². The maximum atomic E-state index is 13.6. The molecule has 6 rings (SSSR count). The summed E-state index contributed by atoms with van der Waals surface area (Å²) in [7, 11) is 0. The Hall–Kier alpha value is -3.84. The van der Waals surface area contributed by atoms with Crippen molar-refractivity contribution >= 4 is 39.9 Å². The summed E-state index contributed by atoms with van der Waals surface area (Å²) >= 11 is 6.39. The highest BCUT2D eigenvalue weighted by Gasteiger charge is 2.33. The second-order valence-corrected chi connectivity index (χ2v) is 10.5. The molecule has 1 atom stereocenters. The zero-order valence-corrected chi connectivity index (χ0v) is 21.9. The first-order valence-corrected chi connectivity index (χ1v) is 13.6. The fraction of sp³-hybridized carbons (Fsp3) is 0.300. The molecule has 2 aromatic carbocycles. The van der Waals surface area contributed by atoms with Gasteiger partial charge in [0.05, 0.1) is 5.92 Å². The molecule has 0 spiro atoms. The predicted octanol–water partition coefficient (Wildman–Crippen LogP) is 4.81. The number of rotatable bonds is 4. The number of pyridine rings is 2. The minimum absolute atomic E-state index is 0.143. The predicted molar refractivity (Wildman–Crippen MR) is 153 cm³/mol. The number of H-pyrrole nitrogens is 1. The normalized spacial score (nSPS) is 18.1. The van der Waals surface area contributed by atoms with Gasteiger partial charge in [0, 0.05) is 67.0 Å². The molecule has 38 heavy (non-hydrogen) atoms. The summed E-state index contributed by atoms with van der Waals surface area (Å²) in [4.78, 5) is 41.0. The van der Waals surface area contributed by atoms with Crippen LogP contribution in [0.3, 0.4) is 0 Å². The highest BCUT2D eigenvalue weighted by Crippen LogP contribution is 2.37. The summed E-state index contributed by atoms with van der Waals surface area (Å²) in [6.07, 6.45) is 3.48. The third-order valence-electron chi connectivity index (χ3n) is 7.66. The van der Waals surface area contributed by atoms with Gasteiger partial charge in [0.2, 0.25) is 5.91 Å². The van der Waals surface area contributed by atoms with Crippen LogP contribution in [-0.2, 0) is 4.79 Å². The van der Waals surface area contributed by atoms with E-state index in [2.05, 4.69) is 19.8 Å². The molecule has 0 radical (unpaired) electrons. The Morgan fingerprint density at radius 2 is 1.71 bits per heavy atom. The first-order chi connectivity index (χ1) is 18.6. The van der Waals surface area contributed by atoms with Crippen LogP contribution in [0.5, 0.6) is 0 Å². The quantitative estimate of drug-likeness (QED) is 0.412. The molecule has 2 aliphatic heterocycles. The van der Waals surface area contributed by atoms with E-state index < -0.39 is 0 Å². The number of benzene rings is 2. The van der Waals surface area contributed by atoms with Crippen LogP contribution in [0.15, 0.2) is 77.7 Å². The molecule has 2 saturated heterocycles. The largest absolute Gasteiger partial charge is 0.366 e. The number of hydrogen-bond acceptors (Lipinski definition) is 5. The summed E-state index contributed by atoms with van der Waals surface area (Å²) in [5.41, 5.74) is 3.04. The van der Waals surface area contributed by atoms with Crippen LogP contribution in [-0.4, -0.2) is 60.0 Å². The molecule has 1 amide bonds. The van der Waals surface area contributed by atoms with Crippen molar-refractivity contribution in [1.29, 1.82) is 0 Å². The lowest BCUT2D eigenvalue weighted by Crippen LogP contribution is -2.53. The summed E-state index contributed by atoms with van der Waals surface area (Å²) in [6.45, 7) is 4.14. The second-order valence-electron chi connectivity index (χ2n) is 10.0. The molecule has 0 saturated carbocycles. The molecule has 1 N–H and O–H groups in total.